The Balaban J connectivity index is 2.13. The Morgan fingerprint density at radius 2 is 1.55 bits per heavy atom. The lowest BCUT2D eigenvalue weighted by Gasteiger charge is -2.07. The molecule has 8 nitrogen and oxygen atoms in total. The molecule has 0 fully saturated rings. The van der Waals surface area contributed by atoms with Gasteiger partial charge in [0.1, 0.15) is 17.0 Å². The highest BCUT2D eigenvalue weighted by Gasteiger charge is 2.31. The summed E-state index contributed by atoms with van der Waals surface area (Å²) < 4.78 is 16.4. The van der Waals surface area contributed by atoms with Gasteiger partial charge in [0.25, 0.3) is 0 Å². The summed E-state index contributed by atoms with van der Waals surface area (Å²) in [6.07, 6.45) is 1.00. The van der Waals surface area contributed by atoms with Gasteiger partial charge in [-0.15, -0.1) is 0 Å². The lowest BCUT2D eigenvalue weighted by atomic mass is 10.1. The summed E-state index contributed by atoms with van der Waals surface area (Å²) >= 11 is 0. The highest BCUT2D eigenvalue weighted by Crippen LogP contribution is 2.30. The van der Waals surface area contributed by atoms with Crippen LogP contribution >= 0.6 is 0 Å². The molecular formula is C23H22N2O6. The number of benzene rings is 2. The quantitative estimate of drug-likeness (QED) is 0.422. The van der Waals surface area contributed by atoms with Crippen LogP contribution in [0.2, 0.25) is 0 Å². The first kappa shape index (κ1) is 21.8. The van der Waals surface area contributed by atoms with Crippen LogP contribution < -0.4 is 4.74 Å². The minimum atomic E-state index is -0.729. The number of ether oxygens (including phenoxy) is 3. The molecule has 0 saturated carbocycles. The van der Waals surface area contributed by atoms with Crippen molar-refractivity contribution < 1.29 is 28.6 Å². The fourth-order valence-electron chi connectivity index (χ4n) is 3.02. The second kappa shape index (κ2) is 9.71. The predicted molar refractivity (Wildman–Crippen MR) is 112 cm³/mol. The fourth-order valence-corrected chi connectivity index (χ4v) is 3.02. The summed E-state index contributed by atoms with van der Waals surface area (Å²) in [5, 5.41) is 4.52. The molecule has 0 N–H and O–H groups in total. The van der Waals surface area contributed by atoms with E-state index in [1.807, 2.05) is 13.0 Å². The van der Waals surface area contributed by atoms with E-state index in [9.17, 15) is 14.4 Å². The summed E-state index contributed by atoms with van der Waals surface area (Å²) in [5.41, 5.74) is 1.28. The van der Waals surface area contributed by atoms with Crippen LogP contribution in [0.5, 0.6) is 5.75 Å². The van der Waals surface area contributed by atoms with E-state index in [4.69, 9.17) is 14.2 Å². The molecule has 1 aromatic heterocycles. The smallest absolute Gasteiger partial charge is 0.357 e. The maximum Gasteiger partial charge on any atom is 0.357 e. The number of hydrogen-bond donors (Lipinski definition) is 0. The third kappa shape index (κ3) is 4.63. The Bertz CT molecular complexity index is 1090. The Morgan fingerprint density at radius 1 is 0.903 bits per heavy atom. The van der Waals surface area contributed by atoms with E-state index >= 15 is 0 Å². The summed E-state index contributed by atoms with van der Waals surface area (Å²) in [6.45, 7) is 1.89. The van der Waals surface area contributed by atoms with Gasteiger partial charge in [-0.1, -0.05) is 25.1 Å². The van der Waals surface area contributed by atoms with Crippen LogP contribution in [0.1, 0.15) is 40.6 Å². The van der Waals surface area contributed by atoms with E-state index in [-0.39, 0.29) is 22.9 Å². The van der Waals surface area contributed by atoms with Gasteiger partial charge in [-0.05, 0) is 42.8 Å². The van der Waals surface area contributed by atoms with Crippen LogP contribution in [0.4, 0.5) is 0 Å². The third-order valence-electron chi connectivity index (χ3n) is 4.47. The van der Waals surface area contributed by atoms with Crippen molar-refractivity contribution in [2.24, 2.45) is 0 Å². The van der Waals surface area contributed by atoms with Crippen LogP contribution in [0.15, 0.2) is 54.6 Å². The minimum absolute atomic E-state index is 0.0195. The predicted octanol–water partition coefficient (Wildman–Crippen LogP) is 3.82. The summed E-state index contributed by atoms with van der Waals surface area (Å²) in [7, 11) is 2.45. The lowest BCUT2D eigenvalue weighted by molar-refractivity contribution is -0.134. The highest BCUT2D eigenvalue weighted by molar-refractivity contribution is 6.06. The molecule has 0 radical (unpaired) electrons. The van der Waals surface area contributed by atoms with E-state index in [2.05, 4.69) is 5.10 Å². The van der Waals surface area contributed by atoms with Crippen molar-refractivity contribution >= 4 is 17.9 Å². The number of carbonyl (C=O) groups excluding carboxylic acids is 3. The number of nitrogens with zero attached hydrogens (tertiary/aromatic N) is 2. The van der Waals surface area contributed by atoms with Crippen molar-refractivity contribution in [1.82, 2.24) is 9.78 Å². The van der Waals surface area contributed by atoms with Gasteiger partial charge in [0.15, 0.2) is 5.69 Å². The van der Waals surface area contributed by atoms with Crippen molar-refractivity contribution in [3.63, 3.8) is 0 Å². The van der Waals surface area contributed by atoms with Crippen LogP contribution in [-0.2, 0) is 14.3 Å². The van der Waals surface area contributed by atoms with E-state index in [0.29, 0.717) is 29.8 Å². The van der Waals surface area contributed by atoms with Crippen LogP contribution in [-0.4, -0.2) is 41.9 Å². The normalized spacial score (nSPS) is 10.4. The molecule has 0 aliphatic carbocycles. The van der Waals surface area contributed by atoms with Crippen LogP contribution in [0, 0.1) is 0 Å². The van der Waals surface area contributed by atoms with E-state index < -0.39 is 11.9 Å². The number of carbonyl (C=O) groups is 3. The largest absolute Gasteiger partial charge is 0.465 e. The number of rotatable bonds is 7. The molecule has 0 atom stereocenters. The molecule has 2 aromatic carbocycles. The van der Waals surface area contributed by atoms with E-state index in [1.165, 1.54) is 18.9 Å². The molecule has 31 heavy (non-hydrogen) atoms. The second-order valence-electron chi connectivity index (χ2n) is 6.55. The van der Waals surface area contributed by atoms with Gasteiger partial charge in [-0.3, -0.25) is 4.79 Å². The highest BCUT2D eigenvalue weighted by atomic mass is 16.5. The Labute approximate surface area is 179 Å². The van der Waals surface area contributed by atoms with Crippen molar-refractivity contribution in [2.45, 2.75) is 19.8 Å². The van der Waals surface area contributed by atoms with E-state index in [0.717, 1.165) is 0 Å². The molecule has 8 heteroatoms. The Kier molecular flexibility index (Phi) is 6.81. The lowest BCUT2D eigenvalue weighted by Crippen LogP contribution is -2.15. The summed E-state index contributed by atoms with van der Waals surface area (Å²) in [6, 6.07) is 15.4. The molecule has 0 bridgehead atoms. The van der Waals surface area contributed by atoms with Crippen molar-refractivity contribution in [3.05, 3.63) is 65.9 Å². The first-order valence-corrected chi connectivity index (χ1v) is 9.66. The molecule has 1 heterocycles. The molecule has 3 rings (SSSR count). The van der Waals surface area contributed by atoms with Crippen molar-refractivity contribution in [2.75, 3.05) is 14.2 Å². The first-order chi connectivity index (χ1) is 15.0. The van der Waals surface area contributed by atoms with Crippen LogP contribution in [0.3, 0.4) is 0 Å². The third-order valence-corrected chi connectivity index (χ3v) is 4.47. The van der Waals surface area contributed by atoms with E-state index in [1.54, 1.807) is 48.5 Å². The molecule has 0 aliphatic heterocycles. The Morgan fingerprint density at radius 3 is 2.13 bits per heavy atom. The fraction of sp³-hybridized carbons (Fsp3) is 0.217. The first-order valence-electron chi connectivity index (χ1n) is 9.66. The standard InChI is InChI=1S/C23H22N2O6/c1-4-8-18(26)31-17-13-11-15(12-14-17)20-19(22(27)29-2)21(23(28)30-3)25(24-20)16-9-6-5-7-10-16/h5-7,9-14H,4,8H2,1-3H3. The summed E-state index contributed by atoms with van der Waals surface area (Å²) in [4.78, 5) is 36.9. The van der Waals surface area contributed by atoms with Gasteiger partial charge in [0.05, 0.1) is 19.9 Å². The average molecular weight is 422 g/mol. The van der Waals surface area contributed by atoms with Gasteiger partial charge in [-0.2, -0.15) is 5.10 Å². The molecule has 3 aromatic rings. The number of esters is 3. The zero-order valence-electron chi connectivity index (χ0n) is 17.5. The minimum Gasteiger partial charge on any atom is -0.465 e. The number of para-hydroxylation sites is 1. The van der Waals surface area contributed by atoms with Gasteiger partial charge in [0.2, 0.25) is 0 Å². The molecule has 0 spiro atoms. The van der Waals surface area contributed by atoms with Crippen LogP contribution in [0.25, 0.3) is 16.9 Å². The average Bonchev–Trinajstić information content (AvgIpc) is 3.20. The zero-order valence-corrected chi connectivity index (χ0v) is 17.5. The Hall–Kier alpha value is -3.94. The van der Waals surface area contributed by atoms with Gasteiger partial charge in [-0.25, -0.2) is 14.3 Å². The molecule has 0 aliphatic rings. The molecule has 0 amide bonds. The van der Waals surface area contributed by atoms with Gasteiger partial charge >= 0.3 is 17.9 Å². The molecule has 0 unspecified atom stereocenters. The van der Waals surface area contributed by atoms with Crippen molar-refractivity contribution in [1.29, 1.82) is 0 Å². The maximum atomic E-state index is 12.6. The molecular weight excluding hydrogens is 400 g/mol. The maximum absolute atomic E-state index is 12.6. The number of hydrogen-bond acceptors (Lipinski definition) is 7. The van der Waals surface area contributed by atoms with Gasteiger partial charge < -0.3 is 14.2 Å². The second-order valence-corrected chi connectivity index (χ2v) is 6.55. The molecule has 0 saturated heterocycles. The SMILES string of the molecule is CCCC(=O)Oc1ccc(-c2nn(-c3ccccc3)c(C(=O)OC)c2C(=O)OC)cc1. The van der Waals surface area contributed by atoms with Crippen molar-refractivity contribution in [3.8, 4) is 22.7 Å². The zero-order chi connectivity index (χ0) is 22.4. The number of methoxy groups -OCH3 is 2. The summed E-state index contributed by atoms with van der Waals surface area (Å²) in [5.74, 6) is -1.41. The monoisotopic (exact) mass is 422 g/mol. The number of aromatic nitrogens is 2. The van der Waals surface area contributed by atoms with Gasteiger partial charge in [0, 0.05) is 12.0 Å². The topological polar surface area (TPSA) is 96.7 Å². The molecule has 160 valence electrons.